The lowest BCUT2D eigenvalue weighted by Gasteiger charge is -2.08. The molecule has 0 aliphatic carbocycles. The zero-order valence-corrected chi connectivity index (χ0v) is 16.8. The molecular formula is C23H17ClN2O2S. The van der Waals surface area contributed by atoms with Crippen molar-refractivity contribution in [1.82, 2.24) is 0 Å². The zero-order chi connectivity index (χ0) is 20.6. The van der Waals surface area contributed by atoms with Gasteiger partial charge >= 0.3 is 0 Å². The van der Waals surface area contributed by atoms with Crippen LogP contribution in [0.15, 0.2) is 95.5 Å². The third kappa shape index (κ3) is 5.38. The fourth-order valence-electron chi connectivity index (χ4n) is 2.56. The van der Waals surface area contributed by atoms with Crippen LogP contribution in [0, 0.1) is 0 Å². The number of nitrogens with zero attached hydrogens (tertiary/aromatic N) is 1. The number of carbonyl (C=O) groups excluding carboxylic acids is 1. The summed E-state index contributed by atoms with van der Waals surface area (Å²) in [6.07, 6.45) is 1.27. The summed E-state index contributed by atoms with van der Waals surface area (Å²) in [6.45, 7) is 0. The van der Waals surface area contributed by atoms with Gasteiger partial charge < -0.3 is 10.4 Å². The number of ketones is 1. The van der Waals surface area contributed by atoms with Gasteiger partial charge in [0.1, 0.15) is 5.76 Å². The van der Waals surface area contributed by atoms with Gasteiger partial charge in [0, 0.05) is 17.3 Å². The second-order valence-corrected chi connectivity index (χ2v) is 6.79. The number of allylic oxidation sites excluding steroid dienone is 1. The second-order valence-electron chi connectivity index (χ2n) is 5.99. The second kappa shape index (κ2) is 9.78. The molecule has 0 bridgehead atoms. The van der Waals surface area contributed by atoms with E-state index in [0.29, 0.717) is 21.8 Å². The van der Waals surface area contributed by atoms with Gasteiger partial charge in [-0.05, 0) is 24.4 Å². The summed E-state index contributed by atoms with van der Waals surface area (Å²) in [7, 11) is 0. The smallest absolute Gasteiger partial charge is 0.198 e. The molecule has 0 saturated heterocycles. The van der Waals surface area contributed by atoms with Gasteiger partial charge in [0.25, 0.3) is 0 Å². The van der Waals surface area contributed by atoms with Crippen molar-refractivity contribution in [3.8, 4) is 0 Å². The summed E-state index contributed by atoms with van der Waals surface area (Å²) in [5.41, 5.74) is 1.57. The van der Waals surface area contributed by atoms with Crippen LogP contribution in [0.25, 0.3) is 5.76 Å². The fourth-order valence-corrected chi connectivity index (χ4v) is 2.90. The lowest BCUT2D eigenvalue weighted by molar-refractivity contribution is 0.104. The van der Waals surface area contributed by atoms with Crippen LogP contribution in [0.2, 0.25) is 5.02 Å². The van der Waals surface area contributed by atoms with Gasteiger partial charge in [-0.2, -0.15) is 0 Å². The van der Waals surface area contributed by atoms with Gasteiger partial charge in [0.15, 0.2) is 10.9 Å². The quantitative estimate of drug-likeness (QED) is 0.176. The molecule has 0 amide bonds. The van der Waals surface area contributed by atoms with Crippen molar-refractivity contribution in [3.05, 3.63) is 107 Å². The first kappa shape index (κ1) is 20.5. The SMILES string of the molecule is O=C(C(C=NC(=S)Nc1ccccc1Cl)=C(O)c1ccccc1)c1ccccc1. The Morgan fingerprint density at radius 2 is 1.45 bits per heavy atom. The van der Waals surface area contributed by atoms with Crippen LogP contribution in [0.5, 0.6) is 0 Å². The molecule has 4 nitrogen and oxygen atoms in total. The molecule has 3 rings (SSSR count). The number of Topliss-reactive ketones (excluding diaryl/α,β-unsaturated/α-hetero) is 1. The third-order valence-corrected chi connectivity index (χ3v) is 4.55. The number of aliphatic imine (C=N–C) groups is 1. The minimum absolute atomic E-state index is 0.0331. The number of aliphatic hydroxyl groups is 1. The molecule has 0 radical (unpaired) electrons. The Bertz CT molecular complexity index is 1080. The van der Waals surface area contributed by atoms with Crippen LogP contribution < -0.4 is 5.32 Å². The molecule has 6 heteroatoms. The lowest BCUT2D eigenvalue weighted by Crippen LogP contribution is -2.11. The number of aliphatic hydroxyl groups excluding tert-OH is 1. The highest BCUT2D eigenvalue weighted by atomic mass is 35.5. The van der Waals surface area contributed by atoms with E-state index in [9.17, 15) is 9.90 Å². The Hall–Kier alpha value is -3.28. The Balaban J connectivity index is 1.93. The highest BCUT2D eigenvalue weighted by Gasteiger charge is 2.17. The molecule has 144 valence electrons. The summed E-state index contributed by atoms with van der Waals surface area (Å²) >= 11 is 11.4. The molecular weight excluding hydrogens is 404 g/mol. The van der Waals surface area contributed by atoms with E-state index < -0.39 is 0 Å². The topological polar surface area (TPSA) is 61.7 Å². The van der Waals surface area contributed by atoms with Gasteiger partial charge in [0.2, 0.25) is 0 Å². The summed E-state index contributed by atoms with van der Waals surface area (Å²) < 4.78 is 0. The number of carbonyl (C=O) groups is 1. The maximum Gasteiger partial charge on any atom is 0.198 e. The summed E-state index contributed by atoms with van der Waals surface area (Å²) in [4.78, 5) is 17.1. The first-order valence-electron chi connectivity index (χ1n) is 8.74. The number of benzene rings is 3. The van der Waals surface area contributed by atoms with Crippen molar-refractivity contribution in [1.29, 1.82) is 0 Å². The maximum atomic E-state index is 13.0. The fraction of sp³-hybridized carbons (Fsp3) is 0. The van der Waals surface area contributed by atoms with E-state index in [-0.39, 0.29) is 22.2 Å². The first-order valence-corrected chi connectivity index (χ1v) is 9.53. The molecule has 0 atom stereocenters. The van der Waals surface area contributed by atoms with Gasteiger partial charge in [-0.1, -0.05) is 84.4 Å². The number of para-hydroxylation sites is 1. The molecule has 0 heterocycles. The van der Waals surface area contributed by atoms with Gasteiger partial charge in [-0.15, -0.1) is 0 Å². The van der Waals surface area contributed by atoms with E-state index >= 15 is 0 Å². The van der Waals surface area contributed by atoms with E-state index in [1.54, 1.807) is 66.7 Å². The summed E-state index contributed by atoms with van der Waals surface area (Å²) in [5.74, 6) is -0.542. The standard InChI is InChI=1S/C23H17ClN2O2S/c24-19-13-7-8-14-20(19)26-23(29)25-15-18(21(27)16-9-3-1-4-10-16)22(28)17-11-5-2-6-12-17/h1-15,27H,(H,26,29). The minimum Gasteiger partial charge on any atom is -0.506 e. The van der Waals surface area contributed by atoms with Crippen LogP contribution in [0.1, 0.15) is 15.9 Å². The molecule has 0 fully saturated rings. The molecule has 3 aromatic carbocycles. The molecule has 0 spiro atoms. The van der Waals surface area contributed by atoms with Crippen LogP contribution in [0.4, 0.5) is 5.69 Å². The lowest BCUT2D eigenvalue weighted by atomic mass is 10.0. The Kier molecular flexibility index (Phi) is 6.89. The van der Waals surface area contributed by atoms with Crippen LogP contribution >= 0.6 is 23.8 Å². The number of thiocarbonyl (C=S) groups is 1. The average molecular weight is 421 g/mol. The van der Waals surface area contributed by atoms with Crippen LogP contribution in [-0.2, 0) is 0 Å². The Morgan fingerprint density at radius 3 is 2.07 bits per heavy atom. The maximum absolute atomic E-state index is 13.0. The Morgan fingerprint density at radius 1 is 0.897 bits per heavy atom. The molecule has 0 unspecified atom stereocenters. The van der Waals surface area contributed by atoms with Crippen LogP contribution in [0.3, 0.4) is 0 Å². The van der Waals surface area contributed by atoms with E-state index in [0.717, 1.165) is 0 Å². The number of hydrogen-bond donors (Lipinski definition) is 2. The monoisotopic (exact) mass is 420 g/mol. The highest BCUT2D eigenvalue weighted by molar-refractivity contribution is 7.80. The zero-order valence-electron chi connectivity index (χ0n) is 15.2. The molecule has 0 saturated carbocycles. The van der Waals surface area contributed by atoms with E-state index in [1.807, 2.05) is 18.2 Å². The van der Waals surface area contributed by atoms with Crippen molar-refractivity contribution < 1.29 is 9.90 Å². The molecule has 0 aliphatic rings. The normalized spacial score (nSPS) is 11.8. The van der Waals surface area contributed by atoms with Crippen molar-refractivity contribution in [2.45, 2.75) is 0 Å². The van der Waals surface area contributed by atoms with Gasteiger partial charge in [-0.25, -0.2) is 4.99 Å². The highest BCUT2D eigenvalue weighted by Crippen LogP contribution is 2.21. The van der Waals surface area contributed by atoms with E-state index in [1.165, 1.54) is 6.21 Å². The predicted molar refractivity (Wildman–Crippen MR) is 123 cm³/mol. The number of hydrogen-bond acceptors (Lipinski definition) is 3. The third-order valence-electron chi connectivity index (χ3n) is 4.01. The summed E-state index contributed by atoms with van der Waals surface area (Å²) in [6, 6.07) is 24.6. The number of nitrogens with one attached hydrogen (secondary N) is 1. The Labute approximate surface area is 179 Å². The molecule has 3 aromatic rings. The van der Waals surface area contributed by atoms with Crippen LogP contribution in [-0.4, -0.2) is 22.2 Å². The van der Waals surface area contributed by atoms with Crippen molar-refractivity contribution in [3.63, 3.8) is 0 Å². The largest absolute Gasteiger partial charge is 0.506 e. The average Bonchev–Trinajstić information content (AvgIpc) is 2.76. The number of rotatable bonds is 5. The predicted octanol–water partition coefficient (Wildman–Crippen LogP) is 5.96. The van der Waals surface area contributed by atoms with Gasteiger partial charge in [0.05, 0.1) is 16.3 Å². The first-order chi connectivity index (χ1) is 14.1. The van der Waals surface area contributed by atoms with E-state index in [2.05, 4.69) is 10.3 Å². The van der Waals surface area contributed by atoms with E-state index in [4.69, 9.17) is 23.8 Å². The number of anilines is 1. The van der Waals surface area contributed by atoms with Crippen molar-refractivity contribution >= 4 is 52.4 Å². The van der Waals surface area contributed by atoms with Crippen molar-refractivity contribution in [2.75, 3.05) is 5.32 Å². The van der Waals surface area contributed by atoms with Gasteiger partial charge in [-0.3, -0.25) is 4.79 Å². The minimum atomic E-state index is -0.365. The summed E-state index contributed by atoms with van der Waals surface area (Å²) in [5, 5.41) is 14.3. The molecule has 0 aromatic heterocycles. The molecule has 29 heavy (non-hydrogen) atoms. The van der Waals surface area contributed by atoms with Crippen molar-refractivity contribution in [2.24, 2.45) is 4.99 Å². The molecule has 2 N–H and O–H groups in total. The molecule has 0 aliphatic heterocycles. The number of halogens is 1.